The molecule has 0 saturated heterocycles. The highest BCUT2D eigenvalue weighted by molar-refractivity contribution is 7.14. The average molecular weight is 545 g/mol. The highest BCUT2D eigenvalue weighted by Gasteiger charge is 2.43. The Hall–Kier alpha value is -4.59. The number of hydrogen-bond donors (Lipinski definition) is 2. The number of methoxy groups -OCH3 is 2. The number of thiazole rings is 1. The molecule has 38 heavy (non-hydrogen) atoms. The number of nitro benzene ring substituents is 1. The highest BCUT2D eigenvalue weighted by Crippen LogP contribution is 2.33. The van der Waals surface area contributed by atoms with Gasteiger partial charge in [-0.25, -0.2) is 14.6 Å². The largest absolute Gasteiger partial charge is 0.466 e. The fraction of sp³-hybridized carbons (Fsp3) is 0.292. The minimum atomic E-state index is -1.49. The SMILES string of the molecule is COC(=O)C1=C(C)NC(C)=C(C(=O)OC)C1C(=O)O[C@H](C)C(=O)Nc1nc(-c2cccc([N+](=O)[O-])c2)cs1. The molecular weight excluding hydrogens is 520 g/mol. The van der Waals surface area contributed by atoms with E-state index in [0.29, 0.717) is 11.3 Å². The van der Waals surface area contributed by atoms with Crippen LogP contribution in [0, 0.1) is 16.0 Å². The lowest BCUT2D eigenvalue weighted by Gasteiger charge is -2.28. The summed E-state index contributed by atoms with van der Waals surface area (Å²) in [7, 11) is 2.25. The van der Waals surface area contributed by atoms with E-state index in [2.05, 4.69) is 15.6 Å². The fourth-order valence-electron chi connectivity index (χ4n) is 3.74. The van der Waals surface area contributed by atoms with Crippen LogP contribution in [-0.4, -0.2) is 54.0 Å². The predicted molar refractivity (Wildman–Crippen MR) is 134 cm³/mol. The van der Waals surface area contributed by atoms with Gasteiger partial charge in [0, 0.05) is 34.5 Å². The van der Waals surface area contributed by atoms with E-state index >= 15 is 0 Å². The van der Waals surface area contributed by atoms with Crippen LogP contribution >= 0.6 is 11.3 Å². The second-order valence-electron chi connectivity index (χ2n) is 8.03. The molecule has 0 spiro atoms. The summed E-state index contributed by atoms with van der Waals surface area (Å²) in [6.07, 6.45) is -1.35. The van der Waals surface area contributed by atoms with Gasteiger partial charge in [-0.05, 0) is 20.8 Å². The normalized spacial score (nSPS) is 14.3. The molecule has 1 aromatic heterocycles. The van der Waals surface area contributed by atoms with Gasteiger partial charge in [-0.15, -0.1) is 11.3 Å². The number of amides is 1. The molecule has 14 heteroatoms. The van der Waals surface area contributed by atoms with Crippen LogP contribution in [0.5, 0.6) is 0 Å². The van der Waals surface area contributed by atoms with Crippen molar-refractivity contribution in [2.45, 2.75) is 26.9 Å². The summed E-state index contributed by atoms with van der Waals surface area (Å²) in [6, 6.07) is 5.86. The molecule has 0 aliphatic carbocycles. The number of nitro groups is 1. The topological polar surface area (TPSA) is 176 Å². The molecular formula is C24H24N4O9S. The summed E-state index contributed by atoms with van der Waals surface area (Å²) >= 11 is 1.07. The monoisotopic (exact) mass is 544 g/mol. The molecule has 1 aliphatic heterocycles. The van der Waals surface area contributed by atoms with Crippen molar-refractivity contribution in [3.05, 3.63) is 62.3 Å². The molecule has 1 amide bonds. The van der Waals surface area contributed by atoms with Gasteiger partial charge in [-0.2, -0.15) is 0 Å². The molecule has 0 unspecified atom stereocenters. The Morgan fingerprint density at radius 3 is 2.26 bits per heavy atom. The first kappa shape index (κ1) is 28.0. The first-order valence-corrected chi connectivity index (χ1v) is 11.9. The Bertz CT molecular complexity index is 1340. The molecule has 1 aliphatic rings. The number of esters is 3. The Balaban J connectivity index is 1.78. The zero-order valence-corrected chi connectivity index (χ0v) is 21.8. The van der Waals surface area contributed by atoms with E-state index < -0.39 is 40.8 Å². The summed E-state index contributed by atoms with van der Waals surface area (Å²) in [5.74, 6) is -4.98. The zero-order chi connectivity index (χ0) is 28.1. The third kappa shape index (κ3) is 5.86. The molecule has 2 N–H and O–H groups in total. The number of dihydropyridines is 1. The summed E-state index contributed by atoms with van der Waals surface area (Å²) in [5.41, 5.74) is 1.02. The molecule has 2 heterocycles. The van der Waals surface area contributed by atoms with Crippen molar-refractivity contribution in [2.75, 3.05) is 19.5 Å². The van der Waals surface area contributed by atoms with Crippen molar-refractivity contribution in [1.82, 2.24) is 10.3 Å². The van der Waals surface area contributed by atoms with Crippen LogP contribution in [0.2, 0.25) is 0 Å². The number of benzene rings is 1. The Kier molecular flexibility index (Phi) is 8.57. The van der Waals surface area contributed by atoms with E-state index in [-0.39, 0.29) is 33.4 Å². The quantitative estimate of drug-likeness (QED) is 0.216. The van der Waals surface area contributed by atoms with E-state index in [4.69, 9.17) is 14.2 Å². The maximum Gasteiger partial charge on any atom is 0.336 e. The van der Waals surface area contributed by atoms with Gasteiger partial charge in [0.1, 0.15) is 5.92 Å². The maximum absolute atomic E-state index is 13.2. The Morgan fingerprint density at radius 1 is 1.11 bits per heavy atom. The molecule has 0 radical (unpaired) electrons. The molecule has 13 nitrogen and oxygen atoms in total. The first-order chi connectivity index (χ1) is 18.0. The van der Waals surface area contributed by atoms with Gasteiger partial charge >= 0.3 is 17.9 Å². The van der Waals surface area contributed by atoms with E-state index in [9.17, 15) is 29.3 Å². The maximum atomic E-state index is 13.2. The smallest absolute Gasteiger partial charge is 0.336 e. The summed E-state index contributed by atoms with van der Waals surface area (Å²) in [5, 5.41) is 18.2. The van der Waals surface area contributed by atoms with Crippen molar-refractivity contribution in [1.29, 1.82) is 0 Å². The minimum absolute atomic E-state index is 0.106. The first-order valence-electron chi connectivity index (χ1n) is 11.0. The number of nitrogens with one attached hydrogen (secondary N) is 2. The second-order valence-corrected chi connectivity index (χ2v) is 8.89. The minimum Gasteiger partial charge on any atom is -0.466 e. The molecule has 1 aromatic carbocycles. The van der Waals surface area contributed by atoms with Crippen molar-refractivity contribution in [3.8, 4) is 11.3 Å². The van der Waals surface area contributed by atoms with E-state index in [0.717, 1.165) is 25.6 Å². The van der Waals surface area contributed by atoms with Gasteiger partial charge in [-0.3, -0.25) is 25.0 Å². The van der Waals surface area contributed by atoms with Crippen LogP contribution in [0.15, 0.2) is 52.2 Å². The number of nitrogens with zero attached hydrogens (tertiary/aromatic N) is 2. The van der Waals surface area contributed by atoms with Crippen LogP contribution in [0.1, 0.15) is 20.8 Å². The fourth-order valence-corrected chi connectivity index (χ4v) is 4.46. The van der Waals surface area contributed by atoms with Gasteiger partial charge in [0.25, 0.3) is 11.6 Å². The highest BCUT2D eigenvalue weighted by atomic mass is 32.1. The molecule has 3 rings (SSSR count). The number of aromatic nitrogens is 1. The number of carbonyl (C=O) groups excluding carboxylic acids is 4. The number of carbonyl (C=O) groups is 4. The summed E-state index contributed by atoms with van der Waals surface area (Å²) < 4.78 is 14.9. The third-order valence-corrected chi connectivity index (χ3v) is 6.31. The molecule has 2 aromatic rings. The van der Waals surface area contributed by atoms with E-state index in [1.807, 2.05) is 0 Å². The standard InChI is InChI=1S/C24H24N4O9S/c1-11-17(21(30)35-4)19(18(12(2)25-11)22(31)36-5)23(32)37-13(3)20(29)27-24-26-16(10-38-24)14-7-6-8-15(9-14)28(33)34/h6-10,13,19,25H,1-5H3,(H,26,27,29)/t13-/m1/s1. The van der Waals surface area contributed by atoms with Crippen LogP contribution in [0.4, 0.5) is 10.8 Å². The van der Waals surface area contributed by atoms with Crippen molar-refractivity contribution in [2.24, 2.45) is 5.92 Å². The average Bonchev–Trinajstić information content (AvgIpc) is 3.35. The molecule has 0 fully saturated rings. The van der Waals surface area contributed by atoms with Crippen molar-refractivity contribution >= 4 is 46.0 Å². The number of ether oxygens (including phenoxy) is 3. The Morgan fingerprint density at radius 2 is 1.71 bits per heavy atom. The van der Waals surface area contributed by atoms with Crippen LogP contribution in [0.25, 0.3) is 11.3 Å². The lowest BCUT2D eigenvalue weighted by molar-refractivity contribution is -0.384. The number of hydrogen-bond acceptors (Lipinski definition) is 12. The van der Waals surface area contributed by atoms with Crippen LogP contribution in [0.3, 0.4) is 0 Å². The van der Waals surface area contributed by atoms with Gasteiger partial charge in [0.05, 0.1) is 36.0 Å². The van der Waals surface area contributed by atoms with Crippen molar-refractivity contribution < 1.29 is 38.3 Å². The third-order valence-electron chi connectivity index (χ3n) is 5.56. The predicted octanol–water partition coefficient (Wildman–Crippen LogP) is 2.70. The van der Waals surface area contributed by atoms with Crippen LogP contribution in [-0.2, 0) is 33.4 Å². The number of anilines is 1. The van der Waals surface area contributed by atoms with Gasteiger partial charge in [0.15, 0.2) is 11.2 Å². The summed E-state index contributed by atoms with van der Waals surface area (Å²) in [4.78, 5) is 65.7. The van der Waals surface area contributed by atoms with Crippen LogP contribution < -0.4 is 10.6 Å². The van der Waals surface area contributed by atoms with Gasteiger partial charge < -0.3 is 19.5 Å². The van der Waals surface area contributed by atoms with Gasteiger partial charge in [-0.1, -0.05) is 12.1 Å². The number of allylic oxidation sites excluding steroid dienone is 2. The van der Waals surface area contributed by atoms with Crippen molar-refractivity contribution in [3.63, 3.8) is 0 Å². The zero-order valence-electron chi connectivity index (χ0n) is 21.0. The summed E-state index contributed by atoms with van der Waals surface area (Å²) in [6.45, 7) is 4.37. The second kappa shape index (κ2) is 11.6. The number of non-ortho nitro benzene ring substituents is 1. The molecule has 0 bridgehead atoms. The lowest BCUT2D eigenvalue weighted by Crippen LogP contribution is -2.40. The molecule has 1 atom stereocenters. The van der Waals surface area contributed by atoms with E-state index in [1.165, 1.54) is 39.0 Å². The Labute approximate surface area is 220 Å². The molecule has 200 valence electrons. The molecule has 0 saturated carbocycles. The number of rotatable bonds is 8. The lowest BCUT2D eigenvalue weighted by atomic mass is 9.85. The van der Waals surface area contributed by atoms with Gasteiger partial charge in [0.2, 0.25) is 0 Å². The van der Waals surface area contributed by atoms with E-state index in [1.54, 1.807) is 11.4 Å².